The minimum atomic E-state index is -0.912. The number of fused-ring (bicyclic) bond motifs is 9. The number of hydrogen-bond donors (Lipinski definition) is 0. The summed E-state index contributed by atoms with van der Waals surface area (Å²) >= 11 is 0. The van der Waals surface area contributed by atoms with Crippen LogP contribution in [0.1, 0.15) is 48.3 Å². The lowest BCUT2D eigenvalue weighted by Crippen LogP contribution is -2.46. The van der Waals surface area contributed by atoms with Crippen molar-refractivity contribution < 1.29 is 8.83 Å². The number of aryl methyl sites for hydroxylation is 1. The molecule has 12 aromatic rings. The molecule has 1 atom stereocenters. The molecule has 1 unspecified atom stereocenters. The normalized spacial score (nSPS) is 16.5. The first-order chi connectivity index (χ1) is 41.0. The van der Waals surface area contributed by atoms with Gasteiger partial charge >= 0.3 is 0 Å². The maximum atomic E-state index is 6.97. The lowest BCUT2D eigenvalue weighted by atomic mass is 9.58. The van der Waals surface area contributed by atoms with E-state index in [0.717, 1.165) is 135 Å². The quantitative estimate of drug-likeness (QED) is 0.137. The standard InChI is InChI=1S/C79H58N2O2/c1-4-21-71-68(49-52-23-10-7-11-24-52)79(67-34-20-35-72(67)80(71)59-43-37-55(38-44-59)53-25-12-8-13-26-53)69-50-57(62-30-18-32-65-61(6-3)75(22-5-2)82-77(62)65)41-47-73(69)81(60-45-39-56(40-46-60)54-27-14-9-15-28-54)74-48-42-58(51-70(74)79)63-31-19-33-66-64-29-16-17-36-76(64)83-78(63)66/h4-5,7-33,35-51H,1,6,34H2,2-3H3/b22-5-,68-49+,71-21+. The van der Waals surface area contributed by atoms with Crippen LogP contribution in [0.25, 0.3) is 89.6 Å². The van der Waals surface area contributed by atoms with Crippen LogP contribution >= 0.6 is 0 Å². The van der Waals surface area contributed by atoms with Crippen molar-refractivity contribution in [2.75, 3.05) is 9.80 Å². The molecule has 0 amide bonds. The van der Waals surface area contributed by atoms with E-state index in [9.17, 15) is 0 Å². The Morgan fingerprint density at radius 3 is 1.65 bits per heavy atom. The fourth-order valence-electron chi connectivity index (χ4n) is 13.6. The van der Waals surface area contributed by atoms with Crippen molar-refractivity contribution >= 4 is 67.8 Å². The Labute approximate surface area is 484 Å². The van der Waals surface area contributed by atoms with Crippen LogP contribution in [0, 0.1) is 0 Å². The molecule has 2 aromatic heterocycles. The van der Waals surface area contributed by atoms with E-state index in [1.54, 1.807) is 0 Å². The summed E-state index contributed by atoms with van der Waals surface area (Å²) in [6.45, 7) is 8.75. The third kappa shape index (κ3) is 7.97. The highest BCUT2D eigenvalue weighted by Gasteiger charge is 2.55. The lowest BCUT2D eigenvalue weighted by Gasteiger charge is -2.53. The Hall–Kier alpha value is -10.4. The Morgan fingerprint density at radius 1 is 0.518 bits per heavy atom. The molecule has 83 heavy (non-hydrogen) atoms. The molecular formula is C79H58N2O2. The van der Waals surface area contributed by atoms with E-state index in [1.165, 1.54) is 22.3 Å². The second-order valence-electron chi connectivity index (χ2n) is 21.7. The number of anilines is 4. The van der Waals surface area contributed by atoms with Gasteiger partial charge in [-0.25, -0.2) is 0 Å². The molecule has 0 bridgehead atoms. The summed E-state index contributed by atoms with van der Waals surface area (Å²) in [7, 11) is 0. The smallest absolute Gasteiger partial charge is 0.143 e. The molecule has 0 saturated carbocycles. The van der Waals surface area contributed by atoms with Crippen molar-refractivity contribution in [1.29, 1.82) is 0 Å². The second-order valence-corrected chi connectivity index (χ2v) is 21.7. The van der Waals surface area contributed by atoms with Gasteiger partial charge in [-0.05, 0) is 160 Å². The Morgan fingerprint density at radius 2 is 1.05 bits per heavy atom. The van der Waals surface area contributed by atoms with Crippen LogP contribution in [0.5, 0.6) is 0 Å². The first-order valence-electron chi connectivity index (χ1n) is 28.8. The highest BCUT2D eigenvalue weighted by atomic mass is 16.3. The zero-order valence-electron chi connectivity index (χ0n) is 46.4. The highest BCUT2D eigenvalue weighted by molar-refractivity contribution is 6.10. The first-order valence-corrected chi connectivity index (χ1v) is 28.8. The minimum Gasteiger partial charge on any atom is -0.456 e. The molecule has 4 heterocycles. The van der Waals surface area contributed by atoms with Gasteiger partial charge in [0, 0.05) is 49.9 Å². The Balaban J connectivity index is 1.08. The number of nitrogens with zero attached hydrogens (tertiary/aromatic N) is 2. The van der Waals surface area contributed by atoms with E-state index in [-0.39, 0.29) is 0 Å². The van der Waals surface area contributed by atoms with Crippen LogP contribution in [0.3, 0.4) is 0 Å². The summed E-state index contributed by atoms with van der Waals surface area (Å²) in [5, 5.41) is 3.33. The largest absolute Gasteiger partial charge is 0.456 e. The summed E-state index contributed by atoms with van der Waals surface area (Å²) < 4.78 is 13.9. The average molecular weight is 1070 g/mol. The van der Waals surface area contributed by atoms with Gasteiger partial charge in [0.2, 0.25) is 0 Å². The van der Waals surface area contributed by atoms with Crippen LogP contribution in [-0.4, -0.2) is 0 Å². The van der Waals surface area contributed by atoms with Crippen LogP contribution in [-0.2, 0) is 11.8 Å². The fraction of sp³-hybridized carbons (Fsp3) is 0.0633. The van der Waals surface area contributed by atoms with Crippen LogP contribution in [0.4, 0.5) is 22.7 Å². The Bertz CT molecular complexity index is 4680. The molecule has 10 aromatic carbocycles. The zero-order valence-corrected chi connectivity index (χ0v) is 46.4. The minimum absolute atomic E-state index is 0.708. The SMILES string of the molecule is C=C/C=C1\C(=C/c2ccccc2)C2(C3=C(C=CC3)N1c1ccc(-c3ccccc3)cc1)c1cc(-c3cccc4c(CC)c(/C=C\C)oc34)ccc1N(c1ccc(-c3ccccc3)cc1)c1ccc(-c3cccc4c3oc3ccccc34)cc12. The van der Waals surface area contributed by atoms with Gasteiger partial charge in [0.25, 0.3) is 0 Å². The molecule has 0 fully saturated rings. The summed E-state index contributed by atoms with van der Waals surface area (Å²) in [6, 6.07) is 86.2. The van der Waals surface area contributed by atoms with Gasteiger partial charge in [0.1, 0.15) is 22.5 Å². The number of para-hydroxylation sites is 3. The third-order valence-electron chi connectivity index (χ3n) is 17.2. The van der Waals surface area contributed by atoms with Gasteiger partial charge in [-0.2, -0.15) is 0 Å². The van der Waals surface area contributed by atoms with Gasteiger partial charge in [-0.1, -0.05) is 214 Å². The van der Waals surface area contributed by atoms with E-state index in [1.807, 2.05) is 6.08 Å². The van der Waals surface area contributed by atoms with Gasteiger partial charge in [-0.15, -0.1) is 0 Å². The molecule has 3 aliphatic rings. The highest BCUT2D eigenvalue weighted by Crippen LogP contribution is 2.65. The van der Waals surface area contributed by atoms with Crippen LogP contribution < -0.4 is 9.80 Å². The van der Waals surface area contributed by atoms with E-state index in [0.29, 0.717) is 6.42 Å². The van der Waals surface area contributed by atoms with Crippen molar-refractivity contribution in [3.63, 3.8) is 0 Å². The summed E-state index contributed by atoms with van der Waals surface area (Å²) in [5.74, 6) is 0.904. The molecule has 15 rings (SSSR count). The zero-order chi connectivity index (χ0) is 55.6. The Kier molecular flexibility index (Phi) is 12.1. The monoisotopic (exact) mass is 1070 g/mol. The maximum absolute atomic E-state index is 6.97. The molecule has 0 N–H and O–H groups in total. The van der Waals surface area contributed by atoms with E-state index in [4.69, 9.17) is 8.83 Å². The van der Waals surface area contributed by atoms with Crippen molar-refractivity contribution in [3.8, 4) is 44.5 Å². The van der Waals surface area contributed by atoms with Crippen molar-refractivity contribution in [1.82, 2.24) is 0 Å². The molecule has 1 aliphatic carbocycles. The predicted molar refractivity (Wildman–Crippen MR) is 347 cm³/mol. The predicted octanol–water partition coefficient (Wildman–Crippen LogP) is 21.6. The molecule has 0 saturated heterocycles. The van der Waals surface area contributed by atoms with E-state index in [2.05, 4.69) is 303 Å². The average Bonchev–Trinajstić information content (AvgIpc) is 2.34. The topological polar surface area (TPSA) is 32.8 Å². The summed E-state index contributed by atoms with van der Waals surface area (Å²) in [6.07, 6.45) is 17.1. The first kappa shape index (κ1) is 49.6. The molecule has 0 radical (unpaired) electrons. The summed E-state index contributed by atoms with van der Waals surface area (Å²) in [4.78, 5) is 4.98. The number of furan rings is 2. The number of hydrogen-bond acceptors (Lipinski definition) is 4. The van der Waals surface area contributed by atoms with Gasteiger partial charge in [0.15, 0.2) is 0 Å². The third-order valence-corrected chi connectivity index (χ3v) is 17.2. The lowest BCUT2D eigenvalue weighted by molar-refractivity contribution is 0.600. The van der Waals surface area contributed by atoms with Gasteiger partial charge in [0.05, 0.1) is 22.5 Å². The van der Waals surface area contributed by atoms with Crippen LogP contribution in [0.15, 0.2) is 305 Å². The molecule has 396 valence electrons. The number of rotatable bonds is 10. The van der Waals surface area contributed by atoms with Crippen molar-refractivity contribution in [2.24, 2.45) is 0 Å². The van der Waals surface area contributed by atoms with Gasteiger partial charge in [-0.3, -0.25) is 0 Å². The molecule has 2 aliphatic heterocycles. The number of allylic oxidation sites excluding steroid dienone is 7. The van der Waals surface area contributed by atoms with E-state index >= 15 is 0 Å². The molecule has 4 heteroatoms. The molecule has 1 spiro atoms. The van der Waals surface area contributed by atoms with Crippen molar-refractivity contribution in [3.05, 3.63) is 324 Å². The second kappa shape index (κ2) is 20.3. The fourth-order valence-corrected chi connectivity index (χ4v) is 13.6. The van der Waals surface area contributed by atoms with Crippen LogP contribution in [0.2, 0.25) is 0 Å². The number of benzene rings is 10. The molecule has 4 nitrogen and oxygen atoms in total. The van der Waals surface area contributed by atoms with E-state index < -0.39 is 5.41 Å². The molecular weight excluding hydrogens is 1010 g/mol. The summed E-state index contributed by atoms with van der Waals surface area (Å²) in [5.41, 5.74) is 24.1. The maximum Gasteiger partial charge on any atom is 0.143 e. The van der Waals surface area contributed by atoms with Gasteiger partial charge < -0.3 is 18.6 Å². The van der Waals surface area contributed by atoms with Crippen molar-refractivity contribution in [2.45, 2.75) is 32.1 Å².